The Labute approximate surface area is 324 Å². The first-order valence-corrected chi connectivity index (χ1v) is 18.4. The molecule has 15 heteroatoms. The molecule has 0 spiro atoms. The van der Waals surface area contributed by atoms with E-state index in [0.717, 1.165) is 0 Å². The van der Waals surface area contributed by atoms with Crippen molar-refractivity contribution in [2.45, 2.75) is 158 Å². The molecule has 0 aliphatic carbocycles. The van der Waals surface area contributed by atoms with Gasteiger partial charge in [-0.05, 0) is 104 Å². The number of alkyl carbamates (subject to hydrolysis) is 3. The number of carbonyl (C=O) groups excluding carboxylic acids is 6. The lowest BCUT2D eigenvalue weighted by molar-refractivity contribution is -0.121. The van der Waals surface area contributed by atoms with E-state index in [0.29, 0.717) is 38.9 Å². The highest BCUT2D eigenvalue weighted by Crippen LogP contribution is 2.07. The van der Waals surface area contributed by atoms with E-state index in [1.807, 2.05) is 41.5 Å². The van der Waals surface area contributed by atoms with E-state index in [4.69, 9.17) is 14.2 Å². The monoisotopic (exact) mass is 769 g/mol. The van der Waals surface area contributed by atoms with E-state index in [1.165, 1.54) is 0 Å². The van der Waals surface area contributed by atoms with Gasteiger partial charge < -0.3 is 46.1 Å². The summed E-state index contributed by atoms with van der Waals surface area (Å²) in [6, 6.07) is 0.433. The zero-order valence-corrected chi connectivity index (χ0v) is 35.6. The van der Waals surface area contributed by atoms with Gasteiger partial charge in [-0.1, -0.05) is 36.5 Å². The minimum atomic E-state index is -0.495. The van der Waals surface area contributed by atoms with E-state index >= 15 is 0 Å². The molecule has 6 N–H and O–H groups in total. The van der Waals surface area contributed by atoms with Crippen LogP contribution in [0.1, 0.15) is 123 Å². The second-order valence-electron chi connectivity index (χ2n) is 15.8. The molecule has 0 fully saturated rings. The minimum Gasteiger partial charge on any atom is -0.444 e. The van der Waals surface area contributed by atoms with Crippen LogP contribution in [-0.2, 0) is 28.6 Å². The summed E-state index contributed by atoms with van der Waals surface area (Å²) in [5.74, 6) is -0.0874. The standard InChI is InChI=1S/3C13H24N2O3/c3*1-10(2)15-11(16)8-6-7-9-14-12(17)18-13(3,4)5/h3*6-7,10H,8-9H2,1-5H3,(H,14,17)(H,15,16)/b3*7-6+. The van der Waals surface area contributed by atoms with Crippen molar-refractivity contribution in [3.8, 4) is 0 Å². The summed E-state index contributed by atoms with van der Waals surface area (Å²) in [7, 11) is 0. The first-order chi connectivity index (χ1) is 24.6. The maximum absolute atomic E-state index is 11.3. The van der Waals surface area contributed by atoms with E-state index < -0.39 is 35.1 Å². The first kappa shape index (κ1) is 53.8. The second-order valence-corrected chi connectivity index (χ2v) is 15.8. The molecule has 0 atom stereocenters. The molecule has 15 nitrogen and oxygen atoms in total. The quantitative estimate of drug-likeness (QED) is 0.0861. The summed E-state index contributed by atoms with van der Waals surface area (Å²) in [5.41, 5.74) is -1.49. The summed E-state index contributed by atoms with van der Waals surface area (Å²) >= 11 is 0. The molecular formula is C39H72N6O9. The Morgan fingerprint density at radius 1 is 0.407 bits per heavy atom. The number of hydrogen-bond donors (Lipinski definition) is 6. The molecule has 0 unspecified atom stereocenters. The average molecular weight is 769 g/mol. The predicted octanol–water partition coefficient (Wildman–Crippen LogP) is 5.95. The summed E-state index contributed by atoms with van der Waals surface area (Å²) in [5, 5.41) is 16.0. The average Bonchev–Trinajstić information content (AvgIpc) is 2.93. The Kier molecular flexibility index (Phi) is 28.8. The van der Waals surface area contributed by atoms with E-state index in [9.17, 15) is 28.8 Å². The number of nitrogens with one attached hydrogen (secondary N) is 6. The molecule has 0 aromatic rings. The number of hydrogen-bond acceptors (Lipinski definition) is 9. The van der Waals surface area contributed by atoms with E-state index in [2.05, 4.69) is 31.9 Å². The van der Waals surface area contributed by atoms with Gasteiger partial charge in [-0.25, -0.2) is 14.4 Å². The number of ether oxygens (including phenoxy) is 3. The molecule has 312 valence electrons. The lowest BCUT2D eigenvalue weighted by Gasteiger charge is -2.19. The molecule has 0 radical (unpaired) electrons. The molecule has 54 heavy (non-hydrogen) atoms. The van der Waals surface area contributed by atoms with Gasteiger partial charge in [0, 0.05) is 57.0 Å². The maximum atomic E-state index is 11.3. The lowest BCUT2D eigenvalue weighted by atomic mass is 10.2. The topological polar surface area (TPSA) is 202 Å². The van der Waals surface area contributed by atoms with Crippen LogP contribution in [0.15, 0.2) is 36.5 Å². The predicted molar refractivity (Wildman–Crippen MR) is 214 cm³/mol. The Morgan fingerprint density at radius 2 is 0.611 bits per heavy atom. The fourth-order valence-electron chi connectivity index (χ4n) is 3.33. The van der Waals surface area contributed by atoms with Crippen LogP contribution in [0, 0.1) is 0 Å². The molecule has 0 heterocycles. The second kappa shape index (κ2) is 28.9. The highest BCUT2D eigenvalue weighted by Gasteiger charge is 2.16. The van der Waals surface area contributed by atoms with Crippen LogP contribution >= 0.6 is 0 Å². The normalized spacial score (nSPS) is 11.7. The Balaban J connectivity index is -0.000000722. The van der Waals surface area contributed by atoms with Crippen molar-refractivity contribution in [1.29, 1.82) is 0 Å². The lowest BCUT2D eigenvalue weighted by Crippen LogP contribution is -2.32. The third-order valence-corrected chi connectivity index (χ3v) is 5.05. The molecule has 0 aromatic carbocycles. The highest BCUT2D eigenvalue weighted by atomic mass is 16.6. The van der Waals surface area contributed by atoms with Gasteiger partial charge in [0.25, 0.3) is 0 Å². The Bertz CT molecular complexity index is 1060. The largest absolute Gasteiger partial charge is 0.444 e. The fraction of sp³-hybridized carbons (Fsp3) is 0.692. The molecular weight excluding hydrogens is 696 g/mol. The minimum absolute atomic E-state index is 0.0291. The molecule has 0 aromatic heterocycles. The van der Waals surface area contributed by atoms with Crippen molar-refractivity contribution < 1.29 is 43.0 Å². The maximum Gasteiger partial charge on any atom is 0.407 e. The van der Waals surface area contributed by atoms with Crippen LogP contribution in [0.25, 0.3) is 0 Å². The molecule has 0 bridgehead atoms. The smallest absolute Gasteiger partial charge is 0.407 e. The molecule has 0 rings (SSSR count). The van der Waals surface area contributed by atoms with Crippen LogP contribution in [0.3, 0.4) is 0 Å². The molecule has 6 amide bonds. The van der Waals surface area contributed by atoms with Gasteiger partial charge in [0.05, 0.1) is 0 Å². The summed E-state index contributed by atoms with van der Waals surface area (Å²) < 4.78 is 15.2. The summed E-state index contributed by atoms with van der Waals surface area (Å²) in [6.07, 6.45) is 9.89. The zero-order valence-electron chi connectivity index (χ0n) is 35.6. The number of rotatable bonds is 15. The van der Waals surface area contributed by atoms with Crippen LogP contribution in [0.4, 0.5) is 14.4 Å². The van der Waals surface area contributed by atoms with Crippen molar-refractivity contribution in [3.05, 3.63) is 36.5 Å². The van der Waals surface area contributed by atoms with Gasteiger partial charge in [0.2, 0.25) is 17.7 Å². The van der Waals surface area contributed by atoms with Gasteiger partial charge in [0.15, 0.2) is 0 Å². The van der Waals surface area contributed by atoms with Crippen molar-refractivity contribution in [3.63, 3.8) is 0 Å². The van der Waals surface area contributed by atoms with Crippen molar-refractivity contribution in [2.75, 3.05) is 19.6 Å². The van der Waals surface area contributed by atoms with Crippen molar-refractivity contribution in [1.82, 2.24) is 31.9 Å². The third kappa shape index (κ3) is 47.4. The van der Waals surface area contributed by atoms with Gasteiger partial charge in [-0.3, -0.25) is 14.4 Å². The zero-order chi connectivity index (χ0) is 42.5. The number of carbonyl (C=O) groups is 6. The van der Waals surface area contributed by atoms with Crippen LogP contribution < -0.4 is 31.9 Å². The third-order valence-electron chi connectivity index (χ3n) is 5.05. The van der Waals surface area contributed by atoms with Crippen LogP contribution in [-0.4, -0.2) is 90.6 Å². The fourth-order valence-corrected chi connectivity index (χ4v) is 3.33. The van der Waals surface area contributed by atoms with Crippen LogP contribution in [0.2, 0.25) is 0 Å². The van der Waals surface area contributed by atoms with Gasteiger partial charge >= 0.3 is 18.3 Å². The van der Waals surface area contributed by atoms with Crippen LogP contribution in [0.5, 0.6) is 0 Å². The summed E-state index contributed by atoms with van der Waals surface area (Å²) in [4.78, 5) is 67.6. The molecule has 0 saturated carbocycles. The Morgan fingerprint density at radius 3 is 0.778 bits per heavy atom. The van der Waals surface area contributed by atoms with E-state index in [-0.39, 0.29) is 35.8 Å². The summed E-state index contributed by atoms with van der Waals surface area (Å²) in [6.45, 7) is 28.7. The first-order valence-electron chi connectivity index (χ1n) is 18.4. The van der Waals surface area contributed by atoms with Gasteiger partial charge in [0.1, 0.15) is 16.8 Å². The van der Waals surface area contributed by atoms with Crippen molar-refractivity contribution in [2.24, 2.45) is 0 Å². The van der Waals surface area contributed by atoms with Gasteiger partial charge in [-0.2, -0.15) is 0 Å². The molecule has 0 saturated heterocycles. The molecule has 0 aliphatic rings. The highest BCUT2D eigenvalue weighted by molar-refractivity contribution is 5.78. The van der Waals surface area contributed by atoms with Gasteiger partial charge in [-0.15, -0.1) is 0 Å². The SMILES string of the molecule is CC(C)NC(=O)C/C=C/CNC(=O)OC(C)(C)C.CC(C)NC(=O)C/C=C/CNC(=O)OC(C)(C)C.CC(C)NC(=O)C/C=C/CNC(=O)OC(C)(C)C. The number of amides is 6. The van der Waals surface area contributed by atoms with Crippen molar-refractivity contribution >= 4 is 36.0 Å². The van der Waals surface area contributed by atoms with E-state index in [1.54, 1.807) is 98.8 Å². The Hall–Kier alpha value is -4.56. The molecule has 0 aliphatic heterocycles.